The minimum Gasteiger partial charge on any atom is -0.305 e. The summed E-state index contributed by atoms with van der Waals surface area (Å²) in [6, 6.07) is 14.3. The van der Waals surface area contributed by atoms with Gasteiger partial charge in [0.25, 0.3) is 0 Å². The molecule has 0 amide bonds. The maximum Gasteiger partial charge on any atom is 0.110 e. The van der Waals surface area contributed by atoms with Crippen LogP contribution in [0.5, 0.6) is 0 Å². The summed E-state index contributed by atoms with van der Waals surface area (Å²) in [5, 5.41) is 13.1. The highest BCUT2D eigenvalue weighted by Crippen LogP contribution is 2.22. The third kappa shape index (κ3) is 3.81. The van der Waals surface area contributed by atoms with E-state index in [4.69, 9.17) is 16.9 Å². The van der Waals surface area contributed by atoms with Crippen LogP contribution in [-0.4, -0.2) is 0 Å². The fourth-order valence-electron chi connectivity index (χ4n) is 1.98. The molecule has 0 fully saturated rings. The smallest absolute Gasteiger partial charge is 0.110 e. The lowest BCUT2D eigenvalue weighted by molar-refractivity contribution is 0.522. The van der Waals surface area contributed by atoms with E-state index in [0.29, 0.717) is 0 Å². The molecule has 98 valence electrons. The number of halogens is 1. The first-order chi connectivity index (χ1) is 9.22. The van der Waals surface area contributed by atoms with Gasteiger partial charge in [0.05, 0.1) is 0 Å². The van der Waals surface area contributed by atoms with Crippen LogP contribution in [0.25, 0.3) is 0 Å². The van der Waals surface area contributed by atoms with Crippen LogP contribution in [0, 0.1) is 11.3 Å². The van der Waals surface area contributed by atoms with Crippen molar-refractivity contribution >= 4 is 22.9 Å². The van der Waals surface area contributed by atoms with E-state index in [9.17, 15) is 0 Å². The largest absolute Gasteiger partial charge is 0.305 e. The Bertz CT molecular complexity index is 586. The summed E-state index contributed by atoms with van der Waals surface area (Å²) in [4.78, 5) is 1.93. The van der Waals surface area contributed by atoms with E-state index in [1.54, 1.807) is 0 Å². The van der Waals surface area contributed by atoms with Crippen LogP contribution in [0.4, 0.5) is 0 Å². The van der Waals surface area contributed by atoms with E-state index in [1.807, 2.05) is 30.3 Å². The van der Waals surface area contributed by atoms with Crippen molar-refractivity contribution in [2.45, 2.75) is 25.9 Å². The van der Waals surface area contributed by atoms with Gasteiger partial charge in [0.1, 0.15) is 10.9 Å². The van der Waals surface area contributed by atoms with Crippen molar-refractivity contribution in [1.82, 2.24) is 5.32 Å². The molecule has 1 heterocycles. The van der Waals surface area contributed by atoms with Crippen molar-refractivity contribution in [3.05, 3.63) is 56.7 Å². The summed E-state index contributed by atoms with van der Waals surface area (Å²) in [5.74, 6) is 0. The van der Waals surface area contributed by atoms with Crippen LogP contribution >= 0.6 is 22.9 Å². The lowest BCUT2D eigenvalue weighted by Crippen LogP contribution is -2.19. The van der Waals surface area contributed by atoms with Crippen LogP contribution < -0.4 is 5.32 Å². The van der Waals surface area contributed by atoms with E-state index in [-0.39, 0.29) is 6.04 Å². The Morgan fingerprint density at radius 1 is 1.37 bits per heavy atom. The van der Waals surface area contributed by atoms with Gasteiger partial charge in [-0.05, 0) is 36.2 Å². The summed E-state index contributed by atoms with van der Waals surface area (Å²) in [6.45, 7) is 2.92. The van der Waals surface area contributed by atoms with Gasteiger partial charge in [0.15, 0.2) is 0 Å². The van der Waals surface area contributed by atoms with E-state index in [1.165, 1.54) is 21.8 Å². The lowest BCUT2D eigenvalue weighted by Gasteiger charge is -2.17. The molecule has 1 atom stereocenters. The van der Waals surface area contributed by atoms with Crippen molar-refractivity contribution in [2.75, 3.05) is 0 Å². The van der Waals surface area contributed by atoms with Gasteiger partial charge in [-0.3, -0.25) is 0 Å². The van der Waals surface area contributed by atoms with E-state index in [2.05, 4.69) is 24.4 Å². The van der Waals surface area contributed by atoms with Gasteiger partial charge in [-0.25, -0.2) is 0 Å². The molecule has 0 spiro atoms. The van der Waals surface area contributed by atoms with E-state index < -0.39 is 0 Å². The van der Waals surface area contributed by atoms with Gasteiger partial charge >= 0.3 is 0 Å². The van der Waals surface area contributed by atoms with E-state index >= 15 is 0 Å². The summed E-state index contributed by atoms with van der Waals surface area (Å²) >= 11 is 7.56. The average molecular weight is 291 g/mol. The van der Waals surface area contributed by atoms with Crippen LogP contribution in [0.15, 0.2) is 36.4 Å². The predicted octanol–water partition coefficient (Wildman–Crippen LogP) is 4.51. The van der Waals surface area contributed by atoms with Gasteiger partial charge in [0, 0.05) is 22.5 Å². The second-order valence-corrected chi connectivity index (χ2v) is 5.88. The SMILES string of the molecule is CCC(NCc1ccc(C#N)s1)c1cccc(Cl)c1. The third-order valence-electron chi connectivity index (χ3n) is 2.95. The molecule has 0 saturated carbocycles. The first kappa shape index (κ1) is 14.1. The second-order valence-electron chi connectivity index (χ2n) is 4.27. The van der Waals surface area contributed by atoms with Crippen LogP contribution in [0.3, 0.4) is 0 Å². The Hall–Kier alpha value is -1.34. The number of rotatable bonds is 5. The molecule has 1 aromatic heterocycles. The highest BCUT2D eigenvalue weighted by Gasteiger charge is 2.09. The zero-order valence-corrected chi connectivity index (χ0v) is 12.3. The number of thiophene rings is 1. The fraction of sp³-hybridized carbons (Fsp3) is 0.267. The Balaban J connectivity index is 2.02. The molecule has 2 rings (SSSR count). The van der Waals surface area contributed by atoms with Crippen molar-refractivity contribution in [3.8, 4) is 6.07 Å². The molecular formula is C15H15ClN2S. The fourth-order valence-corrected chi connectivity index (χ4v) is 2.93. The number of nitrogens with one attached hydrogen (secondary N) is 1. The van der Waals surface area contributed by atoms with Gasteiger partial charge in [0.2, 0.25) is 0 Å². The van der Waals surface area contributed by atoms with Crippen molar-refractivity contribution in [1.29, 1.82) is 5.26 Å². The molecule has 1 aromatic carbocycles. The molecule has 4 heteroatoms. The molecule has 2 aromatic rings. The number of hydrogen-bond donors (Lipinski definition) is 1. The van der Waals surface area contributed by atoms with Crippen LogP contribution in [0.2, 0.25) is 5.02 Å². The summed E-state index contributed by atoms with van der Waals surface area (Å²) in [7, 11) is 0. The van der Waals surface area contributed by atoms with Gasteiger partial charge in [-0.1, -0.05) is 30.7 Å². The van der Waals surface area contributed by atoms with Crippen LogP contribution in [0.1, 0.15) is 34.7 Å². The Labute approximate surface area is 122 Å². The predicted molar refractivity (Wildman–Crippen MR) is 80.4 cm³/mol. The molecule has 2 nitrogen and oxygen atoms in total. The zero-order chi connectivity index (χ0) is 13.7. The first-order valence-electron chi connectivity index (χ1n) is 6.20. The minimum absolute atomic E-state index is 0.284. The molecule has 0 radical (unpaired) electrons. The number of benzene rings is 1. The van der Waals surface area contributed by atoms with Gasteiger partial charge in [-0.15, -0.1) is 11.3 Å². The van der Waals surface area contributed by atoms with E-state index in [0.717, 1.165) is 22.9 Å². The highest BCUT2D eigenvalue weighted by atomic mass is 35.5. The highest BCUT2D eigenvalue weighted by molar-refractivity contribution is 7.12. The molecule has 1 N–H and O–H groups in total. The Morgan fingerprint density at radius 2 is 2.21 bits per heavy atom. The number of hydrogen-bond acceptors (Lipinski definition) is 3. The number of nitrogens with zero attached hydrogens (tertiary/aromatic N) is 1. The third-order valence-corrected chi connectivity index (χ3v) is 4.18. The molecule has 1 unspecified atom stereocenters. The maximum atomic E-state index is 8.81. The first-order valence-corrected chi connectivity index (χ1v) is 7.40. The van der Waals surface area contributed by atoms with Crippen LogP contribution in [-0.2, 0) is 6.54 Å². The van der Waals surface area contributed by atoms with Crippen molar-refractivity contribution < 1.29 is 0 Å². The molecule has 0 saturated heterocycles. The molecular weight excluding hydrogens is 276 g/mol. The summed E-state index contributed by atoms with van der Waals surface area (Å²) < 4.78 is 0. The van der Waals surface area contributed by atoms with Crippen molar-refractivity contribution in [3.63, 3.8) is 0 Å². The molecule has 0 bridgehead atoms. The quantitative estimate of drug-likeness (QED) is 0.879. The molecule has 0 aliphatic rings. The van der Waals surface area contributed by atoms with Crippen molar-refractivity contribution in [2.24, 2.45) is 0 Å². The van der Waals surface area contributed by atoms with Gasteiger partial charge in [-0.2, -0.15) is 5.26 Å². The maximum absolute atomic E-state index is 8.81. The average Bonchev–Trinajstić information content (AvgIpc) is 2.87. The molecule has 0 aliphatic carbocycles. The molecule has 0 aliphatic heterocycles. The minimum atomic E-state index is 0.284. The monoisotopic (exact) mass is 290 g/mol. The number of nitriles is 1. The topological polar surface area (TPSA) is 35.8 Å². The Morgan fingerprint density at radius 3 is 2.84 bits per heavy atom. The zero-order valence-electron chi connectivity index (χ0n) is 10.7. The molecule has 19 heavy (non-hydrogen) atoms. The van der Waals surface area contributed by atoms with Gasteiger partial charge < -0.3 is 5.32 Å². The summed E-state index contributed by atoms with van der Waals surface area (Å²) in [5.41, 5.74) is 1.20. The Kier molecular flexibility index (Phi) is 4.98. The standard InChI is InChI=1S/C15H15ClN2S/c1-2-15(11-4-3-5-12(16)8-11)18-10-14-7-6-13(9-17)19-14/h3-8,15,18H,2,10H2,1H3. The summed E-state index contributed by atoms with van der Waals surface area (Å²) in [6.07, 6.45) is 0.997. The lowest BCUT2D eigenvalue weighted by atomic mass is 10.0. The second kappa shape index (κ2) is 6.72. The normalized spacial score (nSPS) is 12.1.